The molecule has 1 aliphatic heterocycles. The standard InChI is InChI=1S/C23H20F3N3O4/c24-13-3-1-11(2-4-13)20-15(16-8-14(25)9-17(26)22(16)29-20)5-6-18(30)28-21-12(7-19(31)32)10-27-23(21)33/h1-4,8-9,12,21,29H,5-7,10H2,(H,27,33)(H,28,30)(H,31,32)/t12-,21+/m1/s1. The average Bonchev–Trinajstić information content (AvgIpc) is 3.28. The van der Waals surface area contributed by atoms with E-state index in [4.69, 9.17) is 5.11 Å². The summed E-state index contributed by atoms with van der Waals surface area (Å²) in [5.41, 5.74) is 1.47. The minimum Gasteiger partial charge on any atom is -0.481 e. The molecule has 3 aromatic rings. The number of nitrogens with one attached hydrogen (secondary N) is 3. The zero-order valence-corrected chi connectivity index (χ0v) is 17.3. The maximum atomic E-state index is 14.4. The van der Waals surface area contributed by atoms with Crippen LogP contribution in [0.25, 0.3) is 22.2 Å². The fourth-order valence-corrected chi connectivity index (χ4v) is 4.15. The summed E-state index contributed by atoms with van der Waals surface area (Å²) in [5, 5.41) is 14.4. The number of aromatic amines is 1. The highest BCUT2D eigenvalue weighted by atomic mass is 19.1. The first-order valence-corrected chi connectivity index (χ1v) is 10.3. The third-order valence-electron chi connectivity index (χ3n) is 5.71. The molecule has 1 saturated heterocycles. The van der Waals surface area contributed by atoms with Gasteiger partial charge in [-0.15, -0.1) is 0 Å². The van der Waals surface area contributed by atoms with Gasteiger partial charge in [-0.3, -0.25) is 14.4 Å². The van der Waals surface area contributed by atoms with Crippen molar-refractivity contribution in [2.45, 2.75) is 25.3 Å². The monoisotopic (exact) mass is 459 g/mol. The van der Waals surface area contributed by atoms with Gasteiger partial charge in [0.2, 0.25) is 11.8 Å². The van der Waals surface area contributed by atoms with Gasteiger partial charge in [0.05, 0.1) is 11.9 Å². The molecular weight excluding hydrogens is 439 g/mol. The highest BCUT2D eigenvalue weighted by Crippen LogP contribution is 2.33. The van der Waals surface area contributed by atoms with Crippen LogP contribution in [0.15, 0.2) is 36.4 Å². The molecular formula is C23H20F3N3O4. The molecule has 10 heteroatoms. The quantitative estimate of drug-likeness (QED) is 0.435. The number of fused-ring (bicyclic) bond motifs is 1. The predicted molar refractivity (Wildman–Crippen MR) is 113 cm³/mol. The Morgan fingerprint density at radius 2 is 1.82 bits per heavy atom. The first-order valence-electron chi connectivity index (χ1n) is 10.3. The van der Waals surface area contributed by atoms with Crippen LogP contribution in [0.3, 0.4) is 0 Å². The Morgan fingerprint density at radius 1 is 1.09 bits per heavy atom. The highest BCUT2D eigenvalue weighted by Gasteiger charge is 2.37. The summed E-state index contributed by atoms with van der Waals surface area (Å²) in [5.74, 6) is -4.68. The van der Waals surface area contributed by atoms with Crippen LogP contribution in [0.1, 0.15) is 18.4 Å². The zero-order valence-electron chi connectivity index (χ0n) is 17.3. The number of halogens is 3. The van der Waals surface area contributed by atoms with E-state index in [0.717, 1.165) is 12.1 Å². The van der Waals surface area contributed by atoms with Crippen molar-refractivity contribution in [2.75, 3.05) is 6.54 Å². The molecule has 172 valence electrons. The van der Waals surface area contributed by atoms with Crippen LogP contribution in [0.4, 0.5) is 13.2 Å². The molecule has 0 bridgehead atoms. The van der Waals surface area contributed by atoms with Crippen molar-refractivity contribution in [3.63, 3.8) is 0 Å². The van der Waals surface area contributed by atoms with Gasteiger partial charge in [-0.25, -0.2) is 13.2 Å². The summed E-state index contributed by atoms with van der Waals surface area (Å²) in [4.78, 5) is 38.5. The van der Waals surface area contributed by atoms with E-state index in [-0.39, 0.29) is 36.7 Å². The number of aliphatic carboxylic acids is 1. The SMILES string of the molecule is O=C(O)C[C@@H]1CNC(=O)[C@H]1NC(=O)CCc1c(-c2ccc(F)cc2)[nH]c2c(F)cc(F)cc12. The van der Waals surface area contributed by atoms with Gasteiger partial charge in [-0.1, -0.05) is 0 Å². The highest BCUT2D eigenvalue weighted by molar-refractivity contribution is 5.93. The Morgan fingerprint density at radius 3 is 2.52 bits per heavy atom. The Balaban J connectivity index is 1.59. The van der Waals surface area contributed by atoms with Gasteiger partial charge in [0.1, 0.15) is 23.5 Å². The number of hydrogen-bond acceptors (Lipinski definition) is 3. The molecule has 2 amide bonds. The van der Waals surface area contributed by atoms with Crippen molar-refractivity contribution >= 4 is 28.7 Å². The van der Waals surface area contributed by atoms with Crippen molar-refractivity contribution in [1.82, 2.24) is 15.6 Å². The number of rotatable bonds is 7. The molecule has 0 unspecified atom stereocenters. The summed E-state index contributed by atoms with van der Waals surface area (Å²) < 4.78 is 41.7. The number of aromatic nitrogens is 1. The number of amides is 2. The summed E-state index contributed by atoms with van der Waals surface area (Å²) in [6.07, 6.45) is -0.332. The number of hydrogen-bond donors (Lipinski definition) is 4. The van der Waals surface area contributed by atoms with Crippen molar-refractivity contribution in [1.29, 1.82) is 0 Å². The molecule has 7 nitrogen and oxygen atoms in total. The van der Waals surface area contributed by atoms with Gasteiger partial charge in [-0.05, 0) is 47.9 Å². The first-order chi connectivity index (χ1) is 15.7. The van der Waals surface area contributed by atoms with Crippen LogP contribution in [0.2, 0.25) is 0 Å². The maximum Gasteiger partial charge on any atom is 0.303 e. The minimum absolute atomic E-state index is 0.0582. The second kappa shape index (κ2) is 8.97. The Hall–Kier alpha value is -3.82. The number of carbonyl (C=O) groups excluding carboxylic acids is 2. The molecule has 1 aromatic heterocycles. The van der Waals surface area contributed by atoms with E-state index in [1.165, 1.54) is 24.3 Å². The maximum absolute atomic E-state index is 14.4. The van der Waals surface area contributed by atoms with Crippen LogP contribution in [0.5, 0.6) is 0 Å². The van der Waals surface area contributed by atoms with Gasteiger partial charge < -0.3 is 20.7 Å². The van der Waals surface area contributed by atoms with Gasteiger partial charge in [0, 0.05) is 36.0 Å². The number of carbonyl (C=O) groups is 3. The van der Waals surface area contributed by atoms with Crippen LogP contribution in [-0.2, 0) is 20.8 Å². The molecule has 1 fully saturated rings. The van der Waals surface area contributed by atoms with Crippen LogP contribution in [-0.4, -0.2) is 40.5 Å². The topological polar surface area (TPSA) is 111 Å². The molecule has 2 aromatic carbocycles. The number of H-pyrrole nitrogens is 1. The number of benzene rings is 2. The van der Waals surface area contributed by atoms with E-state index in [1.807, 2.05) is 0 Å². The Bertz CT molecular complexity index is 1240. The second-order valence-corrected chi connectivity index (χ2v) is 7.94. The largest absolute Gasteiger partial charge is 0.481 e. The van der Waals surface area contributed by atoms with Gasteiger partial charge in [0.15, 0.2) is 0 Å². The van der Waals surface area contributed by atoms with E-state index in [1.54, 1.807) is 0 Å². The summed E-state index contributed by atoms with van der Waals surface area (Å²) in [6, 6.07) is 6.36. The van der Waals surface area contributed by atoms with Crippen molar-refractivity contribution in [2.24, 2.45) is 5.92 Å². The van der Waals surface area contributed by atoms with Gasteiger partial charge >= 0.3 is 5.97 Å². The fraction of sp³-hybridized carbons (Fsp3) is 0.261. The number of aryl methyl sites for hydroxylation is 1. The minimum atomic E-state index is -1.08. The lowest BCUT2D eigenvalue weighted by molar-refractivity contribution is -0.138. The molecule has 33 heavy (non-hydrogen) atoms. The zero-order chi connectivity index (χ0) is 23.7. The summed E-state index contributed by atoms with van der Waals surface area (Å²) in [6.45, 7) is 0.145. The lowest BCUT2D eigenvalue weighted by Gasteiger charge is -2.16. The van der Waals surface area contributed by atoms with Crippen molar-refractivity contribution < 1.29 is 32.7 Å². The molecule has 0 aliphatic carbocycles. The van der Waals surface area contributed by atoms with Crippen LogP contribution in [0, 0.1) is 23.4 Å². The third-order valence-corrected chi connectivity index (χ3v) is 5.71. The van der Waals surface area contributed by atoms with Gasteiger partial charge in [0.25, 0.3) is 0 Å². The van der Waals surface area contributed by atoms with E-state index in [2.05, 4.69) is 15.6 Å². The first kappa shape index (κ1) is 22.4. The Kier molecular flexibility index (Phi) is 6.08. The smallest absolute Gasteiger partial charge is 0.303 e. The summed E-state index contributed by atoms with van der Waals surface area (Å²) >= 11 is 0. The van der Waals surface area contributed by atoms with E-state index in [0.29, 0.717) is 16.8 Å². The third kappa shape index (κ3) is 4.69. The van der Waals surface area contributed by atoms with E-state index >= 15 is 0 Å². The lowest BCUT2D eigenvalue weighted by Crippen LogP contribution is -2.44. The second-order valence-electron chi connectivity index (χ2n) is 7.94. The van der Waals surface area contributed by atoms with Crippen LogP contribution >= 0.6 is 0 Å². The molecule has 4 N–H and O–H groups in total. The lowest BCUT2D eigenvalue weighted by atomic mass is 9.98. The van der Waals surface area contributed by atoms with Crippen LogP contribution < -0.4 is 10.6 Å². The average molecular weight is 459 g/mol. The molecule has 4 rings (SSSR count). The molecule has 2 atom stereocenters. The van der Waals surface area contributed by atoms with E-state index < -0.39 is 47.2 Å². The summed E-state index contributed by atoms with van der Waals surface area (Å²) in [7, 11) is 0. The van der Waals surface area contributed by atoms with E-state index in [9.17, 15) is 27.6 Å². The predicted octanol–water partition coefficient (Wildman–Crippen LogP) is 2.89. The normalized spacial score (nSPS) is 17.8. The van der Waals surface area contributed by atoms with Crippen molar-refractivity contribution in [3.8, 4) is 11.3 Å². The molecule has 2 heterocycles. The fourth-order valence-electron chi connectivity index (χ4n) is 4.15. The molecule has 0 saturated carbocycles. The number of carboxylic acids is 1. The van der Waals surface area contributed by atoms with Gasteiger partial charge in [-0.2, -0.15) is 0 Å². The van der Waals surface area contributed by atoms with Crippen molar-refractivity contribution in [3.05, 3.63) is 59.4 Å². The Labute approximate surface area is 186 Å². The molecule has 0 radical (unpaired) electrons. The molecule has 1 aliphatic rings. The number of carboxylic acid groups (broad SMARTS) is 1. The molecule has 0 spiro atoms.